The molecule has 3 N–H and O–H groups in total. The van der Waals surface area contributed by atoms with Crippen molar-refractivity contribution in [3.05, 3.63) is 0 Å². The lowest BCUT2D eigenvalue weighted by atomic mass is 10.2. The average molecular weight is 228 g/mol. The monoisotopic (exact) mass is 228 g/mol. The molecule has 0 bridgehead atoms. The van der Waals surface area contributed by atoms with Gasteiger partial charge in [-0.15, -0.1) is 0 Å². The Hall–Kier alpha value is -0.570. The van der Waals surface area contributed by atoms with Gasteiger partial charge < -0.3 is 5.73 Å². The highest BCUT2D eigenvalue weighted by Gasteiger charge is 2.29. The van der Waals surface area contributed by atoms with E-state index in [2.05, 4.69) is 20.8 Å². The second kappa shape index (κ2) is 8.57. The molecule has 3 nitrogen and oxygen atoms in total. The summed E-state index contributed by atoms with van der Waals surface area (Å²) in [5.41, 5.74) is 5.85. The molecule has 16 heavy (non-hydrogen) atoms. The fraction of sp³-hybridized carbons (Fsp3) is 0.923. The summed E-state index contributed by atoms with van der Waals surface area (Å²) in [5, 5.41) is 7.88. The van der Waals surface area contributed by atoms with Gasteiger partial charge in [0.1, 0.15) is 0 Å². The Morgan fingerprint density at radius 2 is 1.19 bits per heavy atom. The minimum atomic E-state index is 0.371. The van der Waals surface area contributed by atoms with Crippen molar-refractivity contribution in [3.8, 4) is 0 Å². The van der Waals surface area contributed by atoms with Gasteiger partial charge in [0.05, 0.1) is 19.6 Å². The highest BCUT2D eigenvalue weighted by molar-refractivity contribution is 5.67. The largest absolute Gasteiger partial charge is 0.338 e. The van der Waals surface area contributed by atoms with Crippen LogP contribution >= 0.6 is 0 Å². The van der Waals surface area contributed by atoms with E-state index in [1.54, 1.807) is 0 Å². The first-order valence-electron chi connectivity index (χ1n) is 6.83. The summed E-state index contributed by atoms with van der Waals surface area (Å²) in [6.07, 6.45) is 7.08. The number of nitrogens with zero attached hydrogens (tertiary/aromatic N) is 1. The smallest absolute Gasteiger partial charge is 0.292 e. The fourth-order valence-electron chi connectivity index (χ4n) is 2.08. The van der Waals surface area contributed by atoms with Gasteiger partial charge in [0.2, 0.25) is 0 Å². The van der Waals surface area contributed by atoms with E-state index in [1.807, 2.05) is 0 Å². The number of rotatable bonds is 9. The van der Waals surface area contributed by atoms with Crippen LogP contribution in [0.5, 0.6) is 0 Å². The molecule has 0 saturated heterocycles. The second-order valence-electron chi connectivity index (χ2n) is 4.76. The molecule has 0 radical (unpaired) electrons. The van der Waals surface area contributed by atoms with Gasteiger partial charge in [0.15, 0.2) is 0 Å². The first-order chi connectivity index (χ1) is 7.63. The van der Waals surface area contributed by atoms with Crippen molar-refractivity contribution >= 4 is 5.96 Å². The molecule has 0 atom stereocenters. The van der Waals surface area contributed by atoms with Gasteiger partial charge >= 0.3 is 0 Å². The lowest BCUT2D eigenvalue weighted by Crippen LogP contribution is -2.57. The van der Waals surface area contributed by atoms with E-state index in [4.69, 9.17) is 11.1 Å². The van der Waals surface area contributed by atoms with Gasteiger partial charge in [-0.1, -0.05) is 40.0 Å². The zero-order chi connectivity index (χ0) is 12.4. The van der Waals surface area contributed by atoms with E-state index in [0.717, 1.165) is 24.1 Å². The number of hydrogen-bond donors (Lipinski definition) is 2. The molecule has 96 valence electrons. The molecule has 0 spiro atoms. The quantitative estimate of drug-likeness (QED) is 0.355. The minimum Gasteiger partial charge on any atom is -0.338 e. The van der Waals surface area contributed by atoms with Crippen molar-refractivity contribution in [1.82, 2.24) is 0 Å². The third-order valence-electron chi connectivity index (χ3n) is 3.33. The van der Waals surface area contributed by atoms with E-state index in [9.17, 15) is 0 Å². The van der Waals surface area contributed by atoms with E-state index >= 15 is 0 Å². The Bertz CT molecular complexity index is 168. The van der Waals surface area contributed by atoms with Crippen LogP contribution in [0.3, 0.4) is 0 Å². The molecule has 0 amide bonds. The van der Waals surface area contributed by atoms with Crippen LogP contribution in [0.1, 0.15) is 59.3 Å². The molecule has 0 aromatic carbocycles. The SMILES string of the molecule is CCCC[N+](CCCC)(CCCC)C(=N)N. The van der Waals surface area contributed by atoms with E-state index < -0.39 is 0 Å². The third kappa shape index (κ3) is 4.97. The molecular weight excluding hydrogens is 198 g/mol. The first kappa shape index (κ1) is 15.4. The van der Waals surface area contributed by atoms with Gasteiger partial charge in [-0.2, -0.15) is 0 Å². The van der Waals surface area contributed by atoms with E-state index in [1.165, 1.54) is 38.5 Å². The van der Waals surface area contributed by atoms with Gasteiger partial charge in [-0.3, -0.25) is 4.48 Å². The summed E-state index contributed by atoms with van der Waals surface area (Å²) in [7, 11) is 0. The molecule has 0 saturated carbocycles. The Labute approximate surface area is 101 Å². The van der Waals surface area contributed by atoms with Crippen LogP contribution in [0, 0.1) is 5.41 Å². The molecule has 0 aliphatic carbocycles. The van der Waals surface area contributed by atoms with Crippen molar-refractivity contribution in [2.24, 2.45) is 5.73 Å². The van der Waals surface area contributed by atoms with Crippen molar-refractivity contribution in [3.63, 3.8) is 0 Å². The summed E-state index contributed by atoms with van der Waals surface area (Å²) >= 11 is 0. The summed E-state index contributed by atoms with van der Waals surface area (Å²) in [4.78, 5) is 0. The van der Waals surface area contributed by atoms with Crippen LogP contribution < -0.4 is 5.73 Å². The zero-order valence-corrected chi connectivity index (χ0v) is 11.4. The van der Waals surface area contributed by atoms with Crippen molar-refractivity contribution < 1.29 is 4.48 Å². The highest BCUT2D eigenvalue weighted by atomic mass is 15.4. The summed E-state index contributed by atoms with van der Waals surface area (Å²) in [6.45, 7) is 9.75. The maximum absolute atomic E-state index is 7.88. The van der Waals surface area contributed by atoms with Gasteiger partial charge in [-0.25, -0.2) is 5.41 Å². The topological polar surface area (TPSA) is 49.9 Å². The Kier molecular flexibility index (Phi) is 8.26. The molecule has 0 aromatic rings. The molecule has 0 rings (SSSR count). The standard InChI is InChI=1S/C13H30N3/c1-4-7-10-16(13(14)15,11-8-5-2)12-9-6-3/h4-12H2,1-3H3,(H3,14,15)/q+1. The molecule has 3 heteroatoms. The number of guanidine groups is 1. The minimum absolute atomic E-state index is 0.371. The Morgan fingerprint density at radius 1 is 0.875 bits per heavy atom. The molecular formula is C13H30N3+. The van der Waals surface area contributed by atoms with Gasteiger partial charge in [-0.05, 0) is 19.3 Å². The molecule has 0 aliphatic heterocycles. The Balaban J connectivity index is 4.52. The Morgan fingerprint density at radius 3 is 1.38 bits per heavy atom. The van der Waals surface area contributed by atoms with E-state index in [0.29, 0.717) is 5.96 Å². The number of hydrogen-bond acceptors (Lipinski definition) is 1. The second-order valence-corrected chi connectivity index (χ2v) is 4.76. The third-order valence-corrected chi connectivity index (χ3v) is 3.33. The van der Waals surface area contributed by atoms with Crippen LogP contribution in [-0.4, -0.2) is 30.1 Å². The normalized spacial score (nSPS) is 11.7. The lowest BCUT2D eigenvalue weighted by molar-refractivity contribution is -0.844. The van der Waals surface area contributed by atoms with Gasteiger partial charge in [0, 0.05) is 0 Å². The maximum Gasteiger partial charge on any atom is 0.292 e. The molecule has 0 unspecified atom stereocenters. The number of nitrogens with two attached hydrogens (primary N) is 1. The van der Waals surface area contributed by atoms with Crippen LogP contribution in [-0.2, 0) is 0 Å². The number of unbranched alkanes of at least 4 members (excludes halogenated alkanes) is 3. The van der Waals surface area contributed by atoms with E-state index in [-0.39, 0.29) is 0 Å². The highest BCUT2D eigenvalue weighted by Crippen LogP contribution is 2.13. The van der Waals surface area contributed by atoms with Crippen molar-refractivity contribution in [2.45, 2.75) is 59.3 Å². The van der Waals surface area contributed by atoms with Crippen LogP contribution in [0.25, 0.3) is 0 Å². The lowest BCUT2D eigenvalue weighted by Gasteiger charge is -2.36. The predicted octanol–water partition coefficient (Wildman–Crippen LogP) is 3.10. The average Bonchev–Trinajstić information content (AvgIpc) is 2.28. The summed E-state index contributed by atoms with van der Waals surface area (Å²) in [5.74, 6) is 0.371. The molecule has 0 aromatic heterocycles. The number of quaternary nitrogens is 1. The predicted molar refractivity (Wildman–Crippen MR) is 71.5 cm³/mol. The zero-order valence-electron chi connectivity index (χ0n) is 11.4. The molecule has 0 heterocycles. The van der Waals surface area contributed by atoms with Gasteiger partial charge in [0.25, 0.3) is 5.96 Å². The fourth-order valence-corrected chi connectivity index (χ4v) is 2.08. The molecule has 0 aliphatic rings. The first-order valence-corrected chi connectivity index (χ1v) is 6.83. The number of nitrogens with one attached hydrogen (secondary N) is 1. The van der Waals surface area contributed by atoms with Crippen molar-refractivity contribution in [2.75, 3.05) is 19.6 Å². The summed E-state index contributed by atoms with van der Waals surface area (Å²) in [6, 6.07) is 0. The van der Waals surface area contributed by atoms with Crippen LogP contribution in [0.15, 0.2) is 0 Å². The van der Waals surface area contributed by atoms with Crippen LogP contribution in [0.2, 0.25) is 0 Å². The molecule has 0 fully saturated rings. The van der Waals surface area contributed by atoms with Crippen molar-refractivity contribution in [1.29, 1.82) is 5.41 Å². The van der Waals surface area contributed by atoms with Crippen LogP contribution in [0.4, 0.5) is 0 Å². The summed E-state index contributed by atoms with van der Waals surface area (Å²) < 4.78 is 0.732. The maximum atomic E-state index is 7.88.